The van der Waals surface area contributed by atoms with Crippen molar-refractivity contribution >= 4 is 16.7 Å². The monoisotopic (exact) mass is 266 g/mol. The number of anilines is 1. The topological polar surface area (TPSA) is 56.7 Å². The van der Waals surface area contributed by atoms with Crippen molar-refractivity contribution in [1.82, 2.24) is 14.5 Å². The van der Waals surface area contributed by atoms with E-state index in [1.54, 1.807) is 12.4 Å². The molecule has 0 aliphatic carbocycles. The summed E-state index contributed by atoms with van der Waals surface area (Å²) in [5.41, 5.74) is 11.0. The van der Waals surface area contributed by atoms with Crippen molar-refractivity contribution in [2.75, 3.05) is 5.73 Å². The van der Waals surface area contributed by atoms with Gasteiger partial charge in [-0.05, 0) is 44.5 Å². The standard InChI is InChI=1S/C16H18N4/c1-10(2)20-15-6-7-18-9-14(15)19-16(20)13-8-12(17)5-4-11(13)3/h4-10H,17H2,1-3H3. The first kappa shape index (κ1) is 12.7. The van der Waals surface area contributed by atoms with E-state index in [1.165, 1.54) is 5.56 Å². The molecule has 0 unspecified atom stereocenters. The zero-order valence-electron chi connectivity index (χ0n) is 12.0. The van der Waals surface area contributed by atoms with Crippen molar-refractivity contribution in [3.8, 4) is 11.4 Å². The number of pyridine rings is 1. The van der Waals surface area contributed by atoms with Crippen LogP contribution in [0, 0.1) is 6.92 Å². The summed E-state index contributed by atoms with van der Waals surface area (Å²) in [6.07, 6.45) is 3.61. The normalized spacial score (nSPS) is 11.4. The van der Waals surface area contributed by atoms with Gasteiger partial charge in [0.05, 0.1) is 11.7 Å². The minimum absolute atomic E-state index is 0.318. The van der Waals surface area contributed by atoms with Crippen molar-refractivity contribution in [1.29, 1.82) is 0 Å². The number of imidazole rings is 1. The number of nitrogens with two attached hydrogens (primary N) is 1. The van der Waals surface area contributed by atoms with Gasteiger partial charge < -0.3 is 10.3 Å². The molecule has 102 valence electrons. The Morgan fingerprint density at radius 3 is 2.75 bits per heavy atom. The van der Waals surface area contributed by atoms with Crippen LogP contribution in [-0.2, 0) is 0 Å². The van der Waals surface area contributed by atoms with Gasteiger partial charge in [-0.15, -0.1) is 0 Å². The molecule has 0 aliphatic heterocycles. The molecule has 1 aromatic carbocycles. The molecule has 3 rings (SSSR count). The Hall–Kier alpha value is -2.36. The summed E-state index contributed by atoms with van der Waals surface area (Å²) in [6.45, 7) is 6.40. The molecular weight excluding hydrogens is 248 g/mol. The second-order valence-electron chi connectivity index (χ2n) is 5.34. The molecule has 0 amide bonds. The Labute approximate surface area is 118 Å². The molecule has 0 bridgehead atoms. The predicted octanol–water partition coefficient (Wildman–Crippen LogP) is 3.57. The highest BCUT2D eigenvalue weighted by Gasteiger charge is 2.16. The van der Waals surface area contributed by atoms with Gasteiger partial charge in [0.2, 0.25) is 0 Å². The van der Waals surface area contributed by atoms with Crippen LogP contribution in [0.4, 0.5) is 5.69 Å². The summed E-state index contributed by atoms with van der Waals surface area (Å²) in [4.78, 5) is 8.91. The molecule has 0 spiro atoms. The zero-order chi connectivity index (χ0) is 14.3. The van der Waals surface area contributed by atoms with E-state index in [2.05, 4.69) is 30.3 Å². The van der Waals surface area contributed by atoms with E-state index in [9.17, 15) is 0 Å². The average molecular weight is 266 g/mol. The van der Waals surface area contributed by atoms with Crippen molar-refractivity contribution in [2.45, 2.75) is 26.8 Å². The van der Waals surface area contributed by atoms with Gasteiger partial charge in [0.25, 0.3) is 0 Å². The Kier molecular flexibility index (Phi) is 2.93. The molecule has 0 atom stereocenters. The number of hydrogen-bond donors (Lipinski definition) is 1. The van der Waals surface area contributed by atoms with E-state index < -0.39 is 0 Å². The molecule has 4 heteroatoms. The Morgan fingerprint density at radius 2 is 2.00 bits per heavy atom. The lowest BCUT2D eigenvalue weighted by Crippen LogP contribution is -2.04. The number of aryl methyl sites for hydroxylation is 1. The molecule has 0 aliphatic rings. The van der Waals surface area contributed by atoms with Gasteiger partial charge in [-0.25, -0.2) is 4.98 Å². The Balaban J connectivity index is 2.35. The average Bonchev–Trinajstić information content (AvgIpc) is 2.80. The highest BCUT2D eigenvalue weighted by molar-refractivity contribution is 5.81. The first-order valence-corrected chi connectivity index (χ1v) is 6.76. The molecule has 20 heavy (non-hydrogen) atoms. The first-order chi connectivity index (χ1) is 9.58. The lowest BCUT2D eigenvalue weighted by Gasteiger charge is -2.14. The number of hydrogen-bond acceptors (Lipinski definition) is 3. The van der Waals surface area contributed by atoms with Crippen molar-refractivity contribution in [3.05, 3.63) is 42.2 Å². The van der Waals surface area contributed by atoms with E-state index >= 15 is 0 Å². The summed E-state index contributed by atoms with van der Waals surface area (Å²) >= 11 is 0. The highest BCUT2D eigenvalue weighted by Crippen LogP contribution is 2.30. The van der Waals surface area contributed by atoms with Crippen LogP contribution in [-0.4, -0.2) is 14.5 Å². The molecule has 2 heterocycles. The van der Waals surface area contributed by atoms with Crippen molar-refractivity contribution in [3.63, 3.8) is 0 Å². The van der Waals surface area contributed by atoms with Crippen molar-refractivity contribution in [2.24, 2.45) is 0 Å². The van der Waals surface area contributed by atoms with E-state index in [-0.39, 0.29) is 0 Å². The van der Waals surface area contributed by atoms with Crippen LogP contribution in [0.15, 0.2) is 36.7 Å². The van der Waals surface area contributed by atoms with E-state index in [1.807, 2.05) is 24.3 Å². The second kappa shape index (κ2) is 4.63. The van der Waals surface area contributed by atoms with E-state index in [4.69, 9.17) is 10.7 Å². The third-order valence-corrected chi connectivity index (χ3v) is 3.51. The number of fused-ring (bicyclic) bond motifs is 1. The first-order valence-electron chi connectivity index (χ1n) is 6.76. The summed E-state index contributed by atoms with van der Waals surface area (Å²) in [5, 5.41) is 0. The van der Waals surface area contributed by atoms with Crippen LogP contribution in [0.2, 0.25) is 0 Å². The molecule has 3 aromatic rings. The molecule has 2 aromatic heterocycles. The van der Waals surface area contributed by atoms with Gasteiger partial charge in [-0.2, -0.15) is 0 Å². The fraction of sp³-hybridized carbons (Fsp3) is 0.250. The summed E-state index contributed by atoms with van der Waals surface area (Å²) in [7, 11) is 0. The lowest BCUT2D eigenvalue weighted by atomic mass is 10.1. The van der Waals surface area contributed by atoms with Crippen LogP contribution in [0.5, 0.6) is 0 Å². The maximum Gasteiger partial charge on any atom is 0.141 e. The maximum absolute atomic E-state index is 5.94. The molecule has 0 saturated carbocycles. The quantitative estimate of drug-likeness (QED) is 0.721. The number of nitrogens with zero attached hydrogens (tertiary/aromatic N) is 3. The number of aromatic nitrogens is 3. The zero-order valence-corrected chi connectivity index (χ0v) is 12.0. The molecule has 0 saturated heterocycles. The Morgan fingerprint density at radius 1 is 1.20 bits per heavy atom. The van der Waals surface area contributed by atoms with Gasteiger partial charge in [0.15, 0.2) is 0 Å². The van der Waals surface area contributed by atoms with Crippen LogP contribution in [0.1, 0.15) is 25.5 Å². The SMILES string of the molecule is Cc1ccc(N)cc1-c1nc2cnccc2n1C(C)C. The van der Waals surface area contributed by atoms with Crippen molar-refractivity contribution < 1.29 is 0 Å². The Bertz CT molecular complexity index is 771. The van der Waals surface area contributed by atoms with Crippen LogP contribution in [0.25, 0.3) is 22.4 Å². The molecule has 4 nitrogen and oxygen atoms in total. The van der Waals surface area contributed by atoms with Crippen LogP contribution >= 0.6 is 0 Å². The highest BCUT2D eigenvalue weighted by atomic mass is 15.1. The predicted molar refractivity (Wildman–Crippen MR) is 82.5 cm³/mol. The third kappa shape index (κ3) is 1.93. The van der Waals surface area contributed by atoms with Gasteiger partial charge in [0.1, 0.15) is 11.3 Å². The summed E-state index contributed by atoms with van der Waals surface area (Å²) in [5.74, 6) is 0.952. The van der Waals surface area contributed by atoms with Gasteiger partial charge in [-0.3, -0.25) is 4.98 Å². The summed E-state index contributed by atoms with van der Waals surface area (Å²) in [6, 6.07) is 8.27. The fourth-order valence-electron chi connectivity index (χ4n) is 2.54. The fourth-order valence-corrected chi connectivity index (χ4v) is 2.54. The number of nitrogen functional groups attached to an aromatic ring is 1. The molecular formula is C16H18N4. The number of benzene rings is 1. The molecule has 0 radical (unpaired) electrons. The minimum Gasteiger partial charge on any atom is -0.399 e. The lowest BCUT2D eigenvalue weighted by molar-refractivity contribution is 0.624. The molecule has 0 fully saturated rings. The van der Waals surface area contributed by atoms with Gasteiger partial charge in [-0.1, -0.05) is 6.07 Å². The largest absolute Gasteiger partial charge is 0.399 e. The van der Waals surface area contributed by atoms with Crippen LogP contribution in [0.3, 0.4) is 0 Å². The number of rotatable bonds is 2. The van der Waals surface area contributed by atoms with Crippen LogP contribution < -0.4 is 5.73 Å². The minimum atomic E-state index is 0.318. The maximum atomic E-state index is 5.94. The summed E-state index contributed by atoms with van der Waals surface area (Å²) < 4.78 is 2.23. The molecule has 2 N–H and O–H groups in total. The van der Waals surface area contributed by atoms with E-state index in [0.29, 0.717) is 6.04 Å². The van der Waals surface area contributed by atoms with E-state index in [0.717, 1.165) is 28.1 Å². The van der Waals surface area contributed by atoms with Gasteiger partial charge in [0, 0.05) is 23.5 Å². The third-order valence-electron chi connectivity index (χ3n) is 3.51. The second-order valence-corrected chi connectivity index (χ2v) is 5.34. The smallest absolute Gasteiger partial charge is 0.141 e. The van der Waals surface area contributed by atoms with Gasteiger partial charge >= 0.3 is 0 Å².